The van der Waals surface area contributed by atoms with Crippen molar-refractivity contribution in [1.29, 1.82) is 0 Å². The van der Waals surface area contributed by atoms with Crippen molar-refractivity contribution in [2.75, 3.05) is 4.90 Å². The monoisotopic (exact) mass is 484 g/mol. The summed E-state index contributed by atoms with van der Waals surface area (Å²) < 4.78 is 3.39. The molecule has 2 aromatic carbocycles. The first-order valence-corrected chi connectivity index (χ1v) is 12.6. The number of carbonyl (C=O) groups is 1. The van der Waals surface area contributed by atoms with E-state index in [1.165, 1.54) is 28.2 Å². The zero-order valence-electron chi connectivity index (χ0n) is 17.2. The number of para-hydroxylation sites is 1. The molecule has 0 N–H and O–H groups in total. The van der Waals surface area contributed by atoms with Gasteiger partial charge in [-0.25, -0.2) is 9.67 Å². The number of anilines is 2. The molecule has 1 amide bonds. The van der Waals surface area contributed by atoms with Gasteiger partial charge in [0.2, 0.25) is 5.91 Å². The van der Waals surface area contributed by atoms with Crippen LogP contribution in [-0.2, 0) is 10.5 Å². The number of hydrogen-bond acceptors (Lipinski definition) is 7. The standard InChI is InChI=1S/C22H20N4OS4/c1-14-9-10-19(15(2)11-14)25(16(3)27)20-23-17(12-29-20)13-30-21-24-26(22(28)31-21)18-7-5-4-6-8-18/h4-12H,13H2,1-3H3. The van der Waals surface area contributed by atoms with Gasteiger partial charge in [-0.15, -0.1) is 16.4 Å². The molecule has 0 fully saturated rings. The minimum Gasteiger partial charge on any atom is -0.274 e. The highest BCUT2D eigenvalue weighted by molar-refractivity contribution is 8.00. The fraction of sp³-hybridized carbons (Fsp3) is 0.182. The third-order valence-electron chi connectivity index (χ3n) is 4.51. The average molecular weight is 485 g/mol. The Bertz CT molecular complexity index is 1280. The minimum absolute atomic E-state index is 0.0555. The zero-order chi connectivity index (χ0) is 22.0. The molecule has 9 heteroatoms. The predicted octanol–water partition coefficient (Wildman–Crippen LogP) is 6.71. The SMILES string of the molecule is CC(=O)N(c1nc(CSc2nn(-c3ccccc3)c(=S)s2)cs1)c1ccc(C)cc1C. The summed E-state index contributed by atoms with van der Waals surface area (Å²) in [7, 11) is 0. The van der Waals surface area contributed by atoms with E-state index < -0.39 is 0 Å². The van der Waals surface area contributed by atoms with Crippen LogP contribution in [-0.4, -0.2) is 20.7 Å². The Morgan fingerprint density at radius 3 is 2.68 bits per heavy atom. The molecule has 0 aliphatic carbocycles. The normalized spacial score (nSPS) is 10.9. The Morgan fingerprint density at radius 2 is 1.97 bits per heavy atom. The van der Waals surface area contributed by atoms with Crippen LogP contribution in [0.5, 0.6) is 0 Å². The summed E-state index contributed by atoms with van der Waals surface area (Å²) in [4.78, 5) is 18.8. The number of thioether (sulfide) groups is 1. The number of nitrogens with zero attached hydrogens (tertiary/aromatic N) is 4. The smallest absolute Gasteiger partial charge is 0.230 e. The van der Waals surface area contributed by atoms with Gasteiger partial charge in [-0.1, -0.05) is 59.0 Å². The number of thiazole rings is 1. The summed E-state index contributed by atoms with van der Waals surface area (Å²) >= 11 is 10.0. The molecule has 158 valence electrons. The third kappa shape index (κ3) is 4.95. The quantitative estimate of drug-likeness (QED) is 0.225. The zero-order valence-corrected chi connectivity index (χ0v) is 20.5. The lowest BCUT2D eigenvalue weighted by molar-refractivity contribution is -0.115. The lowest BCUT2D eigenvalue weighted by Crippen LogP contribution is -2.23. The van der Waals surface area contributed by atoms with Gasteiger partial charge in [0, 0.05) is 18.1 Å². The van der Waals surface area contributed by atoms with Gasteiger partial charge in [-0.3, -0.25) is 9.69 Å². The van der Waals surface area contributed by atoms with E-state index >= 15 is 0 Å². The van der Waals surface area contributed by atoms with Crippen LogP contribution in [0.2, 0.25) is 0 Å². The maximum absolute atomic E-state index is 12.4. The molecule has 0 saturated carbocycles. The number of aryl methyl sites for hydroxylation is 2. The third-order valence-corrected chi connectivity index (χ3v) is 7.79. The van der Waals surface area contributed by atoms with Gasteiger partial charge in [0.15, 0.2) is 13.4 Å². The number of rotatable bonds is 6. The Labute approximate surface area is 198 Å². The molecule has 4 aromatic rings. The number of amides is 1. The average Bonchev–Trinajstić information content (AvgIpc) is 3.35. The fourth-order valence-corrected chi connectivity index (χ4v) is 6.36. The molecule has 0 aliphatic heterocycles. The van der Waals surface area contributed by atoms with Crippen LogP contribution in [0.4, 0.5) is 10.8 Å². The second-order valence-electron chi connectivity index (χ2n) is 6.94. The number of hydrogen-bond donors (Lipinski definition) is 0. The van der Waals surface area contributed by atoms with Crippen molar-refractivity contribution in [2.24, 2.45) is 0 Å². The first kappa shape index (κ1) is 21.9. The highest BCUT2D eigenvalue weighted by Crippen LogP contribution is 2.34. The maximum atomic E-state index is 12.4. The van der Waals surface area contributed by atoms with E-state index in [4.69, 9.17) is 17.2 Å². The van der Waals surface area contributed by atoms with Gasteiger partial charge in [-0.05, 0) is 49.8 Å². The van der Waals surface area contributed by atoms with Gasteiger partial charge in [-0.2, -0.15) is 0 Å². The van der Waals surface area contributed by atoms with Gasteiger partial charge < -0.3 is 0 Å². The topological polar surface area (TPSA) is 51.0 Å². The van der Waals surface area contributed by atoms with Gasteiger partial charge in [0.25, 0.3) is 0 Å². The summed E-state index contributed by atoms with van der Waals surface area (Å²) in [6.07, 6.45) is 0. The molecular formula is C22H20N4OS4. The van der Waals surface area contributed by atoms with Gasteiger partial charge in [0.1, 0.15) is 0 Å². The summed E-state index contributed by atoms with van der Waals surface area (Å²) in [6, 6.07) is 15.9. The summed E-state index contributed by atoms with van der Waals surface area (Å²) in [5.74, 6) is 0.603. The van der Waals surface area contributed by atoms with Gasteiger partial charge >= 0.3 is 0 Å². The molecule has 0 radical (unpaired) electrons. The molecule has 2 heterocycles. The molecule has 0 aliphatic rings. The van der Waals surface area contributed by atoms with Crippen molar-refractivity contribution in [3.63, 3.8) is 0 Å². The lowest BCUT2D eigenvalue weighted by atomic mass is 10.1. The van der Waals surface area contributed by atoms with E-state index in [2.05, 4.69) is 11.2 Å². The Balaban J connectivity index is 1.51. The van der Waals surface area contributed by atoms with Crippen molar-refractivity contribution in [3.05, 3.63) is 74.7 Å². The van der Waals surface area contributed by atoms with Crippen LogP contribution in [0.25, 0.3) is 5.69 Å². The summed E-state index contributed by atoms with van der Waals surface area (Å²) in [5, 5.41) is 7.31. The van der Waals surface area contributed by atoms with Crippen molar-refractivity contribution >= 4 is 63.4 Å². The Morgan fingerprint density at radius 1 is 1.19 bits per heavy atom. The summed E-state index contributed by atoms with van der Waals surface area (Å²) in [6.45, 7) is 5.62. The molecule has 0 saturated heterocycles. The second kappa shape index (κ2) is 9.44. The summed E-state index contributed by atoms with van der Waals surface area (Å²) in [5.41, 5.74) is 4.95. The molecule has 2 aromatic heterocycles. The van der Waals surface area contributed by atoms with Crippen molar-refractivity contribution < 1.29 is 4.79 Å². The van der Waals surface area contributed by atoms with Crippen LogP contribution in [0.15, 0.2) is 58.3 Å². The number of benzene rings is 2. The Kier molecular flexibility index (Phi) is 6.66. The predicted molar refractivity (Wildman–Crippen MR) is 133 cm³/mol. The molecule has 0 unspecified atom stereocenters. The highest BCUT2D eigenvalue weighted by atomic mass is 32.2. The van der Waals surface area contributed by atoms with E-state index in [0.29, 0.717) is 14.8 Å². The first-order valence-electron chi connectivity index (χ1n) is 9.53. The minimum atomic E-state index is -0.0555. The van der Waals surface area contributed by atoms with E-state index in [1.54, 1.807) is 28.3 Å². The largest absolute Gasteiger partial charge is 0.274 e. The molecule has 4 rings (SSSR count). The first-order chi connectivity index (χ1) is 14.9. The highest BCUT2D eigenvalue weighted by Gasteiger charge is 2.20. The molecule has 0 atom stereocenters. The van der Waals surface area contributed by atoms with Crippen molar-refractivity contribution in [2.45, 2.75) is 30.9 Å². The molecular weight excluding hydrogens is 465 g/mol. The molecule has 0 spiro atoms. The van der Waals surface area contributed by atoms with Crippen LogP contribution in [0.3, 0.4) is 0 Å². The van der Waals surface area contributed by atoms with Gasteiger partial charge in [0.05, 0.1) is 17.1 Å². The fourth-order valence-electron chi connectivity index (χ4n) is 3.12. The van der Waals surface area contributed by atoms with E-state index in [0.717, 1.165) is 27.0 Å². The van der Waals surface area contributed by atoms with E-state index in [9.17, 15) is 4.79 Å². The van der Waals surface area contributed by atoms with Crippen LogP contribution in [0, 0.1) is 17.8 Å². The lowest BCUT2D eigenvalue weighted by Gasteiger charge is -2.20. The van der Waals surface area contributed by atoms with Crippen LogP contribution in [0.1, 0.15) is 23.7 Å². The maximum Gasteiger partial charge on any atom is 0.230 e. The van der Waals surface area contributed by atoms with Crippen molar-refractivity contribution in [3.8, 4) is 5.69 Å². The van der Waals surface area contributed by atoms with E-state index in [-0.39, 0.29) is 5.91 Å². The number of carbonyl (C=O) groups excluding carboxylic acids is 1. The number of aromatic nitrogens is 3. The molecule has 5 nitrogen and oxygen atoms in total. The molecule has 31 heavy (non-hydrogen) atoms. The van der Waals surface area contributed by atoms with Crippen molar-refractivity contribution in [1.82, 2.24) is 14.8 Å². The molecule has 0 bridgehead atoms. The van der Waals surface area contributed by atoms with Crippen LogP contribution < -0.4 is 4.90 Å². The second-order valence-corrected chi connectivity index (χ2v) is 10.6. The Hall–Kier alpha value is -2.33. The van der Waals surface area contributed by atoms with E-state index in [1.807, 2.05) is 61.7 Å². The van der Waals surface area contributed by atoms with Crippen LogP contribution >= 0.6 is 46.7 Å².